The van der Waals surface area contributed by atoms with E-state index in [9.17, 15) is 5.11 Å². The Morgan fingerprint density at radius 2 is 1.91 bits per heavy atom. The smallest absolute Gasteiger partial charge is 0.219 e. The van der Waals surface area contributed by atoms with Gasteiger partial charge in [-0.25, -0.2) is 9.97 Å². The van der Waals surface area contributed by atoms with Crippen LogP contribution >= 0.6 is 11.6 Å². The summed E-state index contributed by atoms with van der Waals surface area (Å²) in [6, 6.07) is 17.8. The first-order chi connectivity index (χ1) is 16.2. The van der Waals surface area contributed by atoms with E-state index in [1.165, 1.54) is 5.56 Å². The molecule has 1 aliphatic rings. The van der Waals surface area contributed by atoms with Crippen LogP contribution in [-0.4, -0.2) is 46.0 Å². The van der Waals surface area contributed by atoms with E-state index in [2.05, 4.69) is 33.1 Å². The quantitative estimate of drug-likeness (QED) is 0.379. The van der Waals surface area contributed by atoms with Gasteiger partial charge in [-0.05, 0) is 47.9 Å². The summed E-state index contributed by atoms with van der Waals surface area (Å²) >= 11 is 5.88. The number of rotatable bonds is 9. The fraction of sp³-hybridized carbons (Fsp3) is 0.280. The molecule has 3 heterocycles. The predicted molar refractivity (Wildman–Crippen MR) is 128 cm³/mol. The van der Waals surface area contributed by atoms with Crippen LogP contribution in [0.4, 0.5) is 5.95 Å². The Morgan fingerprint density at radius 1 is 1.09 bits per heavy atom. The van der Waals surface area contributed by atoms with Gasteiger partial charge in [-0.2, -0.15) is 0 Å². The Labute approximate surface area is 197 Å². The van der Waals surface area contributed by atoms with Crippen LogP contribution in [0, 0.1) is 5.92 Å². The first kappa shape index (κ1) is 21.7. The molecule has 7 nitrogen and oxygen atoms in total. The summed E-state index contributed by atoms with van der Waals surface area (Å²) in [4.78, 5) is 8.92. The average molecular weight is 465 g/mol. The summed E-state index contributed by atoms with van der Waals surface area (Å²) in [6.07, 6.45) is 2.56. The molecular formula is C25H25ClN4O3. The maximum Gasteiger partial charge on any atom is 0.219 e. The van der Waals surface area contributed by atoms with Gasteiger partial charge in [0.15, 0.2) is 0 Å². The largest absolute Gasteiger partial charge is 0.439 e. The lowest BCUT2D eigenvalue weighted by molar-refractivity contribution is -0.0312. The minimum Gasteiger partial charge on any atom is -0.439 e. The minimum absolute atomic E-state index is 0.0426. The number of anilines is 1. The number of aliphatic hydroxyl groups excluding tert-OH is 1. The highest BCUT2D eigenvalue weighted by Gasteiger charge is 2.19. The van der Waals surface area contributed by atoms with Gasteiger partial charge in [0.2, 0.25) is 11.8 Å². The van der Waals surface area contributed by atoms with Crippen molar-refractivity contribution in [3.05, 3.63) is 76.9 Å². The summed E-state index contributed by atoms with van der Waals surface area (Å²) in [5, 5.41) is 13.1. The van der Waals surface area contributed by atoms with Crippen LogP contribution in [-0.2, 0) is 17.7 Å². The molecule has 1 saturated heterocycles. The van der Waals surface area contributed by atoms with Gasteiger partial charge in [0.1, 0.15) is 5.75 Å². The van der Waals surface area contributed by atoms with Gasteiger partial charge in [-0.1, -0.05) is 29.8 Å². The molecule has 0 unspecified atom stereocenters. The Hall–Kier alpha value is -3.13. The van der Waals surface area contributed by atoms with Crippen molar-refractivity contribution in [2.24, 2.45) is 5.92 Å². The fourth-order valence-corrected chi connectivity index (χ4v) is 3.99. The third kappa shape index (κ3) is 5.11. The lowest BCUT2D eigenvalue weighted by Crippen LogP contribution is -2.29. The van der Waals surface area contributed by atoms with Crippen LogP contribution in [0.25, 0.3) is 11.0 Å². The summed E-state index contributed by atoms with van der Waals surface area (Å²) in [7, 11) is 0. The van der Waals surface area contributed by atoms with E-state index in [4.69, 9.17) is 26.1 Å². The zero-order valence-electron chi connectivity index (χ0n) is 18.1. The SMILES string of the molecule is OCCNc1nc2ccc(CC3COC3)cc2n1Cc1ccc(Oc2ccc(Cl)cn2)cc1. The lowest BCUT2D eigenvalue weighted by Gasteiger charge is -2.25. The molecule has 0 radical (unpaired) electrons. The molecule has 8 heteroatoms. The summed E-state index contributed by atoms with van der Waals surface area (Å²) in [6.45, 7) is 2.79. The fourth-order valence-electron chi connectivity index (χ4n) is 3.88. The van der Waals surface area contributed by atoms with Gasteiger partial charge in [-0.3, -0.25) is 0 Å². The molecule has 4 aromatic rings. The number of aliphatic hydroxyl groups is 1. The molecule has 2 aromatic heterocycles. The number of hydrogen-bond acceptors (Lipinski definition) is 6. The molecule has 170 valence electrons. The number of fused-ring (bicyclic) bond motifs is 1. The zero-order valence-corrected chi connectivity index (χ0v) is 18.8. The molecule has 5 rings (SSSR count). The van der Waals surface area contributed by atoms with Gasteiger partial charge < -0.3 is 24.5 Å². The molecule has 1 aliphatic heterocycles. The van der Waals surface area contributed by atoms with E-state index in [0.717, 1.165) is 42.2 Å². The standard InChI is InChI=1S/C25H25ClN4O3/c26-20-4-8-24(28-13-20)33-21-5-1-17(2-6-21)14-30-23-12-18(11-19-15-32-16-19)3-7-22(23)29-25(30)27-9-10-31/h1-8,12-13,19,31H,9-11,14-16H2,(H,27,29). The van der Waals surface area contributed by atoms with E-state index < -0.39 is 0 Å². The summed E-state index contributed by atoms with van der Waals surface area (Å²) in [5.41, 5.74) is 4.39. The van der Waals surface area contributed by atoms with Gasteiger partial charge >= 0.3 is 0 Å². The van der Waals surface area contributed by atoms with Crippen molar-refractivity contribution < 1.29 is 14.6 Å². The van der Waals surface area contributed by atoms with Crippen LogP contribution in [0.1, 0.15) is 11.1 Å². The van der Waals surface area contributed by atoms with Crippen molar-refractivity contribution in [3.63, 3.8) is 0 Å². The molecule has 0 aliphatic carbocycles. The average Bonchev–Trinajstić information content (AvgIpc) is 3.14. The Morgan fingerprint density at radius 3 is 2.61 bits per heavy atom. The Kier molecular flexibility index (Phi) is 6.44. The first-order valence-electron chi connectivity index (χ1n) is 11.0. The molecule has 0 spiro atoms. The maximum atomic E-state index is 9.29. The van der Waals surface area contributed by atoms with Crippen molar-refractivity contribution in [3.8, 4) is 11.6 Å². The number of nitrogens with one attached hydrogen (secondary N) is 1. The number of halogens is 1. The normalized spacial score (nSPS) is 13.8. The summed E-state index contributed by atoms with van der Waals surface area (Å²) < 4.78 is 13.3. The minimum atomic E-state index is 0.0426. The highest BCUT2D eigenvalue weighted by Crippen LogP contribution is 2.26. The van der Waals surface area contributed by atoms with Gasteiger partial charge in [0.25, 0.3) is 0 Å². The van der Waals surface area contributed by atoms with E-state index in [-0.39, 0.29) is 6.61 Å². The van der Waals surface area contributed by atoms with E-state index >= 15 is 0 Å². The molecule has 2 N–H and O–H groups in total. The van der Waals surface area contributed by atoms with Crippen molar-refractivity contribution >= 4 is 28.6 Å². The number of nitrogens with zero attached hydrogens (tertiary/aromatic N) is 3. The number of hydrogen-bond donors (Lipinski definition) is 2. The molecule has 0 atom stereocenters. The van der Waals surface area contributed by atoms with Crippen LogP contribution in [0.2, 0.25) is 5.02 Å². The molecule has 33 heavy (non-hydrogen) atoms. The molecular weight excluding hydrogens is 440 g/mol. The predicted octanol–water partition coefficient (Wildman–Crippen LogP) is 4.52. The summed E-state index contributed by atoms with van der Waals surface area (Å²) in [5.74, 6) is 2.53. The second kappa shape index (κ2) is 9.79. The molecule has 1 fully saturated rings. The maximum absolute atomic E-state index is 9.29. The first-order valence-corrected chi connectivity index (χ1v) is 11.4. The van der Waals surface area contributed by atoms with E-state index in [1.54, 1.807) is 18.3 Å². The Balaban J connectivity index is 1.38. The van der Waals surface area contributed by atoms with Crippen LogP contribution in [0.15, 0.2) is 60.8 Å². The number of benzene rings is 2. The van der Waals surface area contributed by atoms with Crippen molar-refractivity contribution in [1.82, 2.24) is 14.5 Å². The monoisotopic (exact) mass is 464 g/mol. The van der Waals surface area contributed by atoms with Gasteiger partial charge in [0, 0.05) is 24.7 Å². The van der Waals surface area contributed by atoms with Crippen molar-refractivity contribution in [1.29, 1.82) is 0 Å². The molecule has 0 amide bonds. The highest BCUT2D eigenvalue weighted by molar-refractivity contribution is 6.30. The number of imidazole rings is 1. The third-order valence-corrected chi connectivity index (χ3v) is 5.85. The van der Waals surface area contributed by atoms with Crippen LogP contribution in [0.3, 0.4) is 0 Å². The topological polar surface area (TPSA) is 81.4 Å². The number of aromatic nitrogens is 3. The van der Waals surface area contributed by atoms with Gasteiger partial charge in [0.05, 0.1) is 42.4 Å². The van der Waals surface area contributed by atoms with Crippen molar-refractivity contribution in [2.45, 2.75) is 13.0 Å². The lowest BCUT2D eigenvalue weighted by atomic mass is 9.98. The molecule has 2 aromatic carbocycles. The van der Waals surface area contributed by atoms with Crippen molar-refractivity contribution in [2.75, 3.05) is 31.7 Å². The van der Waals surface area contributed by atoms with E-state index in [1.807, 2.05) is 24.3 Å². The van der Waals surface area contributed by atoms with E-state index in [0.29, 0.717) is 35.7 Å². The molecule has 0 saturated carbocycles. The van der Waals surface area contributed by atoms with Crippen LogP contribution < -0.4 is 10.1 Å². The number of ether oxygens (including phenoxy) is 2. The Bertz CT molecular complexity index is 1220. The van der Waals surface area contributed by atoms with Crippen LogP contribution in [0.5, 0.6) is 11.6 Å². The number of pyridine rings is 1. The van der Waals surface area contributed by atoms with Gasteiger partial charge in [-0.15, -0.1) is 0 Å². The zero-order chi connectivity index (χ0) is 22.6. The second-order valence-electron chi connectivity index (χ2n) is 8.16. The highest BCUT2D eigenvalue weighted by atomic mass is 35.5. The molecule has 0 bridgehead atoms. The second-order valence-corrected chi connectivity index (χ2v) is 8.60. The third-order valence-electron chi connectivity index (χ3n) is 5.63.